The Hall–Kier alpha value is -3.27. The van der Waals surface area contributed by atoms with Crippen LogP contribution in [-0.2, 0) is 4.57 Å². The Balaban J connectivity index is 0.000000211. The highest BCUT2D eigenvalue weighted by Gasteiger charge is 2.23. The predicted octanol–water partition coefficient (Wildman–Crippen LogP) is 10.0. The molecule has 6 nitrogen and oxygen atoms in total. The molecule has 3 aromatic rings. The molecule has 0 amide bonds. The van der Waals surface area contributed by atoms with Gasteiger partial charge in [0.2, 0.25) is 0 Å². The van der Waals surface area contributed by atoms with Gasteiger partial charge in [0.15, 0.2) is 0 Å². The van der Waals surface area contributed by atoms with Gasteiger partial charge < -0.3 is 13.6 Å². The summed E-state index contributed by atoms with van der Waals surface area (Å²) in [5.41, 5.74) is 6.56. The number of hydrogen-bond acceptors (Lipinski definition) is 4. The van der Waals surface area contributed by atoms with Crippen LogP contribution in [0.5, 0.6) is 17.2 Å². The van der Waals surface area contributed by atoms with Crippen molar-refractivity contribution in [2.24, 2.45) is 0 Å². The molecule has 0 fully saturated rings. The van der Waals surface area contributed by atoms with Crippen molar-refractivity contribution in [3.05, 3.63) is 125 Å². The fraction of sp³-hybridized carbons (Fsp3) is 0.273. The Morgan fingerprint density at radius 3 is 1.49 bits per heavy atom. The van der Waals surface area contributed by atoms with E-state index in [0.717, 1.165) is 0 Å². The van der Waals surface area contributed by atoms with Gasteiger partial charge >= 0.3 is 16.9 Å². The molecule has 0 saturated heterocycles. The number of unbranched alkanes of at least 4 members (excludes halogenated alkanes) is 2. The second kappa shape index (κ2) is 18.2. The first-order chi connectivity index (χ1) is 20.0. The maximum Gasteiger partial charge on any atom is 0.692 e. The normalized spacial score (nSPS) is 12.9. The lowest BCUT2D eigenvalue weighted by molar-refractivity contribution is 0.388. The molecular formula is C33H39O6P2+. The van der Waals surface area contributed by atoms with Gasteiger partial charge in [-0.25, -0.2) is 0 Å². The van der Waals surface area contributed by atoms with Gasteiger partial charge in [-0.05, 0) is 90.8 Å². The molecule has 0 spiro atoms. The number of para-hydroxylation sites is 3. The number of rotatable bonds is 12. The van der Waals surface area contributed by atoms with E-state index in [1.807, 2.05) is 91.0 Å². The molecule has 2 bridgehead atoms. The summed E-state index contributed by atoms with van der Waals surface area (Å²) in [7, 11) is -4.46. The smallest absolute Gasteiger partial charge is 0.409 e. The monoisotopic (exact) mass is 593 g/mol. The third kappa shape index (κ3) is 12.0. The first-order valence-corrected chi connectivity index (χ1v) is 16.2. The molecule has 2 N–H and O–H groups in total. The number of hydrogen-bond donors (Lipinski definition) is 2. The van der Waals surface area contributed by atoms with E-state index in [1.165, 1.54) is 44.9 Å². The summed E-state index contributed by atoms with van der Waals surface area (Å²) in [5, 5.41) is 0. The lowest BCUT2D eigenvalue weighted by atomic mass is 9.96. The van der Waals surface area contributed by atoms with Crippen molar-refractivity contribution >= 4 is 16.9 Å². The Bertz CT molecular complexity index is 1190. The van der Waals surface area contributed by atoms with Crippen molar-refractivity contribution in [3.8, 4) is 17.2 Å². The molecule has 0 radical (unpaired) electrons. The van der Waals surface area contributed by atoms with E-state index < -0.39 is 16.9 Å². The zero-order valence-electron chi connectivity index (χ0n) is 23.7. The molecule has 2 aliphatic rings. The summed E-state index contributed by atoms with van der Waals surface area (Å²) in [6.45, 7) is 4.55. The standard InChI is InChI=1S/C18H15O3P.C15H22.HO3P/c1-4-10-16(11-5-1)19-22(20-17-12-6-2-7-13-17)21-18-14-8-3-9-15-18;1-3-5-7-13-9-12-10-14(8-6-4-2)15(13)11-12;1-4(2)3/h1-15H;9-10H,3-8,11H2,1-2H3;(H-,1,2,3)/p+1. The van der Waals surface area contributed by atoms with Crippen LogP contribution in [0.2, 0.25) is 0 Å². The van der Waals surface area contributed by atoms with E-state index >= 15 is 0 Å². The van der Waals surface area contributed by atoms with E-state index in [1.54, 1.807) is 22.3 Å². The van der Waals surface area contributed by atoms with Gasteiger partial charge in [0.25, 0.3) is 0 Å². The lowest BCUT2D eigenvalue weighted by Gasteiger charge is -2.17. The van der Waals surface area contributed by atoms with Crippen LogP contribution in [-0.4, -0.2) is 9.79 Å². The minimum absolute atomic E-state index is 0.709. The van der Waals surface area contributed by atoms with Gasteiger partial charge in [-0.15, -0.1) is 9.79 Å². The second-order valence-corrected chi connectivity index (χ2v) is 11.0. The molecule has 2 aliphatic carbocycles. The van der Waals surface area contributed by atoms with E-state index in [9.17, 15) is 0 Å². The summed E-state index contributed by atoms with van der Waals surface area (Å²) >= 11 is 0. The molecule has 0 unspecified atom stereocenters. The average molecular weight is 594 g/mol. The average Bonchev–Trinajstić information content (AvgIpc) is 3.57. The summed E-state index contributed by atoms with van der Waals surface area (Å²) in [6, 6.07) is 28.5. The largest absolute Gasteiger partial charge is 0.692 e. The van der Waals surface area contributed by atoms with Crippen molar-refractivity contribution in [3.63, 3.8) is 0 Å². The summed E-state index contributed by atoms with van der Waals surface area (Å²) < 4.78 is 26.2. The molecule has 8 heteroatoms. The lowest BCUT2D eigenvalue weighted by Crippen LogP contribution is -2.02. The second-order valence-electron chi connectivity index (χ2n) is 9.47. The van der Waals surface area contributed by atoms with Gasteiger partial charge in [-0.1, -0.05) is 93.4 Å². The SMILES string of the molecule is CCCCC1=CC2=CC(CCCC)=C1C2.O=[P+](O)O.c1ccc(OP(Oc2ccccc2)Oc2ccccc2)cc1. The molecule has 0 atom stereocenters. The van der Waals surface area contributed by atoms with Crippen LogP contribution in [0.15, 0.2) is 125 Å². The van der Waals surface area contributed by atoms with E-state index in [-0.39, 0.29) is 0 Å². The molecule has 0 aromatic heterocycles. The molecule has 0 saturated carbocycles. The third-order valence-electron chi connectivity index (χ3n) is 6.24. The van der Waals surface area contributed by atoms with Crippen molar-refractivity contribution in [2.45, 2.75) is 58.8 Å². The van der Waals surface area contributed by atoms with Gasteiger partial charge in [0, 0.05) is 4.57 Å². The van der Waals surface area contributed by atoms with E-state index in [2.05, 4.69) is 26.0 Å². The summed E-state index contributed by atoms with van der Waals surface area (Å²) in [6.07, 6.45) is 14.0. The molecule has 0 aliphatic heterocycles. The van der Waals surface area contributed by atoms with Gasteiger partial charge in [0.05, 0.1) is 0 Å². The highest BCUT2D eigenvalue weighted by atomic mass is 31.2. The molecule has 216 valence electrons. The highest BCUT2D eigenvalue weighted by molar-refractivity contribution is 7.43. The first kappa shape index (κ1) is 32.2. The van der Waals surface area contributed by atoms with Crippen molar-refractivity contribution in [2.75, 3.05) is 0 Å². The minimum Gasteiger partial charge on any atom is -0.409 e. The first-order valence-electron chi connectivity index (χ1n) is 14.0. The quantitative estimate of drug-likeness (QED) is 0.203. The molecule has 0 heterocycles. The van der Waals surface area contributed by atoms with Crippen LogP contribution >= 0.6 is 16.9 Å². The molecule has 3 aromatic carbocycles. The minimum atomic E-state index is -2.87. The highest BCUT2D eigenvalue weighted by Crippen LogP contribution is 2.43. The van der Waals surface area contributed by atoms with Crippen LogP contribution in [0.1, 0.15) is 58.8 Å². The Labute approximate surface area is 246 Å². The van der Waals surface area contributed by atoms with E-state index in [4.69, 9.17) is 27.9 Å². The number of benzene rings is 3. The van der Waals surface area contributed by atoms with Gasteiger partial charge in [0.1, 0.15) is 17.2 Å². The molecule has 41 heavy (non-hydrogen) atoms. The van der Waals surface area contributed by atoms with Crippen LogP contribution < -0.4 is 13.6 Å². The zero-order chi connectivity index (χ0) is 29.3. The van der Waals surface area contributed by atoms with Crippen molar-refractivity contribution in [1.82, 2.24) is 0 Å². The van der Waals surface area contributed by atoms with Gasteiger partial charge in [-0.2, -0.15) is 0 Å². The van der Waals surface area contributed by atoms with Crippen molar-refractivity contribution in [1.29, 1.82) is 0 Å². The third-order valence-corrected chi connectivity index (χ3v) is 7.32. The molecular weight excluding hydrogens is 554 g/mol. The Kier molecular flexibility index (Phi) is 14.3. The van der Waals surface area contributed by atoms with Crippen LogP contribution in [0.3, 0.4) is 0 Å². The van der Waals surface area contributed by atoms with Crippen molar-refractivity contribution < 1.29 is 27.9 Å². The number of fused-ring (bicyclic) bond motifs is 2. The Morgan fingerprint density at radius 2 is 1.10 bits per heavy atom. The van der Waals surface area contributed by atoms with Crippen LogP contribution in [0, 0.1) is 0 Å². The fourth-order valence-electron chi connectivity index (χ4n) is 4.34. The summed E-state index contributed by atoms with van der Waals surface area (Å²) in [5.74, 6) is 2.13. The Morgan fingerprint density at radius 1 is 0.683 bits per heavy atom. The molecule has 5 rings (SSSR count). The van der Waals surface area contributed by atoms with Crippen LogP contribution in [0.25, 0.3) is 0 Å². The summed E-state index contributed by atoms with van der Waals surface area (Å²) in [4.78, 5) is 14.2. The number of allylic oxidation sites excluding steroid dienone is 6. The maximum atomic E-state index is 8.70. The zero-order valence-corrected chi connectivity index (χ0v) is 25.5. The van der Waals surface area contributed by atoms with Crippen LogP contribution in [0.4, 0.5) is 0 Å². The fourth-order valence-corrected chi connectivity index (χ4v) is 5.34. The van der Waals surface area contributed by atoms with E-state index in [0.29, 0.717) is 17.2 Å². The predicted molar refractivity (Wildman–Crippen MR) is 167 cm³/mol. The topological polar surface area (TPSA) is 85.2 Å². The maximum absolute atomic E-state index is 8.70. The van der Waals surface area contributed by atoms with Gasteiger partial charge in [-0.3, -0.25) is 0 Å².